The molecule has 1 saturated heterocycles. The molecule has 1 heterocycles. The van der Waals surface area contributed by atoms with Crippen LogP contribution >= 0.6 is 0 Å². The van der Waals surface area contributed by atoms with Gasteiger partial charge in [0, 0.05) is 12.1 Å². The number of halogens is 1. The number of benzene rings is 2. The van der Waals surface area contributed by atoms with Crippen LogP contribution in [0.15, 0.2) is 54.6 Å². The van der Waals surface area contributed by atoms with Crippen molar-refractivity contribution < 1.29 is 18.7 Å². The van der Waals surface area contributed by atoms with Crippen LogP contribution in [0.2, 0.25) is 0 Å². The van der Waals surface area contributed by atoms with Crippen LogP contribution in [0.5, 0.6) is 5.75 Å². The molecule has 0 spiro atoms. The van der Waals surface area contributed by atoms with Crippen LogP contribution in [0.3, 0.4) is 0 Å². The number of methoxy groups -OCH3 is 1. The molecule has 0 N–H and O–H groups in total. The molecule has 2 aromatic carbocycles. The lowest BCUT2D eigenvalue weighted by molar-refractivity contribution is -0.0562. The van der Waals surface area contributed by atoms with Gasteiger partial charge >= 0.3 is 6.09 Å². The lowest BCUT2D eigenvalue weighted by atomic mass is 10.1. The first-order valence-corrected chi connectivity index (χ1v) is 6.97. The van der Waals surface area contributed by atoms with Gasteiger partial charge in [-0.2, -0.15) is 4.39 Å². The van der Waals surface area contributed by atoms with Gasteiger partial charge in [0.05, 0.1) is 13.7 Å². The smallest absolute Gasteiger partial charge is 0.417 e. The number of rotatable bonds is 4. The predicted molar refractivity (Wildman–Crippen MR) is 80.8 cm³/mol. The molecule has 0 aromatic heterocycles. The zero-order valence-electron chi connectivity index (χ0n) is 12.2. The van der Waals surface area contributed by atoms with E-state index in [-0.39, 0.29) is 13.0 Å². The quantitative estimate of drug-likeness (QED) is 0.866. The molecule has 1 amide bonds. The second-order valence-electron chi connectivity index (χ2n) is 5.20. The molecular weight excluding hydrogens is 285 g/mol. The van der Waals surface area contributed by atoms with Gasteiger partial charge in [-0.05, 0) is 29.8 Å². The number of nitrogens with zero attached hydrogens (tertiary/aromatic N) is 1. The summed E-state index contributed by atoms with van der Waals surface area (Å²) in [5.74, 6) is -1.34. The van der Waals surface area contributed by atoms with Crippen molar-refractivity contribution in [3.8, 4) is 5.75 Å². The molecule has 0 radical (unpaired) electrons. The van der Waals surface area contributed by atoms with Crippen LogP contribution in [0.1, 0.15) is 5.56 Å². The Morgan fingerprint density at radius 2 is 1.86 bits per heavy atom. The molecule has 0 saturated carbocycles. The topological polar surface area (TPSA) is 38.8 Å². The van der Waals surface area contributed by atoms with Crippen molar-refractivity contribution in [2.45, 2.75) is 12.3 Å². The average molecular weight is 301 g/mol. The third-order valence-corrected chi connectivity index (χ3v) is 3.58. The normalized spacial score (nSPS) is 20.8. The molecule has 2 aromatic rings. The summed E-state index contributed by atoms with van der Waals surface area (Å²) < 4.78 is 24.9. The number of hydrogen-bond donors (Lipinski definition) is 0. The van der Waals surface area contributed by atoms with Crippen molar-refractivity contribution in [1.82, 2.24) is 0 Å². The molecule has 3 rings (SSSR count). The number of cyclic esters (lactones) is 1. The van der Waals surface area contributed by atoms with E-state index in [1.165, 1.54) is 4.90 Å². The molecule has 1 aliphatic rings. The summed E-state index contributed by atoms with van der Waals surface area (Å²) in [6, 6.07) is 16.0. The van der Waals surface area contributed by atoms with Gasteiger partial charge < -0.3 is 9.47 Å². The monoisotopic (exact) mass is 301 g/mol. The summed E-state index contributed by atoms with van der Waals surface area (Å²) in [7, 11) is 1.56. The van der Waals surface area contributed by atoms with E-state index < -0.39 is 11.9 Å². The Labute approximate surface area is 128 Å². The summed E-state index contributed by atoms with van der Waals surface area (Å²) in [6.45, 7) is -0.132. The fourth-order valence-electron chi connectivity index (χ4n) is 2.50. The van der Waals surface area contributed by atoms with E-state index >= 15 is 0 Å². The van der Waals surface area contributed by atoms with Gasteiger partial charge in [0.1, 0.15) is 5.75 Å². The summed E-state index contributed by atoms with van der Waals surface area (Å²) in [5.41, 5.74) is 1.37. The van der Waals surface area contributed by atoms with Gasteiger partial charge in [0.15, 0.2) is 0 Å². The number of hydrogen-bond acceptors (Lipinski definition) is 3. The SMILES string of the molecule is COc1ccc(N2CC(F)(Cc3ccccc3)OC2=O)cc1. The Balaban J connectivity index is 1.77. The average Bonchev–Trinajstić information content (AvgIpc) is 2.83. The molecule has 1 fully saturated rings. The van der Waals surface area contributed by atoms with E-state index in [4.69, 9.17) is 9.47 Å². The first-order chi connectivity index (χ1) is 10.6. The van der Waals surface area contributed by atoms with Gasteiger partial charge in [-0.3, -0.25) is 4.90 Å². The second-order valence-corrected chi connectivity index (χ2v) is 5.20. The lowest BCUT2D eigenvalue weighted by Crippen LogP contribution is -2.32. The van der Waals surface area contributed by atoms with Crippen molar-refractivity contribution in [2.24, 2.45) is 0 Å². The standard InChI is InChI=1S/C17H16FNO3/c1-21-15-9-7-14(8-10-15)19-12-17(18,22-16(19)20)11-13-5-3-2-4-6-13/h2-10H,11-12H2,1H3. The van der Waals surface area contributed by atoms with Crippen molar-refractivity contribution in [2.75, 3.05) is 18.6 Å². The van der Waals surface area contributed by atoms with Gasteiger partial charge in [-0.25, -0.2) is 4.79 Å². The van der Waals surface area contributed by atoms with Crippen LogP contribution in [-0.4, -0.2) is 25.6 Å². The maximum absolute atomic E-state index is 14.8. The predicted octanol–water partition coefficient (Wildman–Crippen LogP) is 3.56. The minimum absolute atomic E-state index is 0.0340. The molecule has 5 heteroatoms. The summed E-state index contributed by atoms with van der Waals surface area (Å²) in [5, 5.41) is 0. The van der Waals surface area contributed by atoms with E-state index in [0.29, 0.717) is 11.4 Å². The van der Waals surface area contributed by atoms with E-state index in [0.717, 1.165) is 5.56 Å². The Morgan fingerprint density at radius 1 is 1.18 bits per heavy atom. The van der Waals surface area contributed by atoms with Gasteiger partial charge in [0.2, 0.25) is 0 Å². The molecule has 1 atom stereocenters. The van der Waals surface area contributed by atoms with Crippen LogP contribution in [0.4, 0.5) is 14.9 Å². The third kappa shape index (κ3) is 2.88. The highest BCUT2D eigenvalue weighted by Gasteiger charge is 2.46. The van der Waals surface area contributed by atoms with E-state index in [2.05, 4.69) is 0 Å². The summed E-state index contributed by atoms with van der Waals surface area (Å²) in [6.07, 6.45) is -0.643. The van der Waals surface area contributed by atoms with Crippen molar-refractivity contribution in [3.05, 3.63) is 60.2 Å². The van der Waals surface area contributed by atoms with Gasteiger partial charge in [-0.15, -0.1) is 0 Å². The highest BCUT2D eigenvalue weighted by molar-refractivity contribution is 5.90. The number of ether oxygens (including phenoxy) is 2. The number of alkyl halides is 1. The molecule has 0 bridgehead atoms. The molecule has 1 aliphatic heterocycles. The Hall–Kier alpha value is -2.56. The molecular formula is C17H16FNO3. The van der Waals surface area contributed by atoms with Crippen LogP contribution < -0.4 is 9.64 Å². The minimum atomic E-state index is -2.02. The molecule has 22 heavy (non-hydrogen) atoms. The first kappa shape index (κ1) is 14.4. The van der Waals surface area contributed by atoms with E-state index in [1.807, 2.05) is 30.3 Å². The summed E-state index contributed by atoms with van der Waals surface area (Å²) >= 11 is 0. The van der Waals surface area contributed by atoms with Crippen LogP contribution in [-0.2, 0) is 11.2 Å². The number of anilines is 1. The second kappa shape index (κ2) is 5.67. The molecule has 0 aliphatic carbocycles. The first-order valence-electron chi connectivity index (χ1n) is 6.97. The summed E-state index contributed by atoms with van der Waals surface area (Å²) in [4.78, 5) is 13.3. The van der Waals surface area contributed by atoms with E-state index in [9.17, 15) is 9.18 Å². The highest BCUT2D eigenvalue weighted by atomic mass is 19.2. The largest absolute Gasteiger partial charge is 0.497 e. The lowest BCUT2D eigenvalue weighted by Gasteiger charge is -2.17. The van der Waals surface area contributed by atoms with Crippen molar-refractivity contribution in [3.63, 3.8) is 0 Å². The molecule has 1 unspecified atom stereocenters. The maximum Gasteiger partial charge on any atom is 0.417 e. The zero-order valence-corrected chi connectivity index (χ0v) is 12.2. The van der Waals surface area contributed by atoms with E-state index in [1.54, 1.807) is 31.4 Å². The van der Waals surface area contributed by atoms with Crippen LogP contribution in [0, 0.1) is 0 Å². The molecule has 114 valence electrons. The number of carbonyl (C=O) groups excluding carboxylic acids is 1. The Kier molecular flexibility index (Phi) is 3.71. The van der Waals surface area contributed by atoms with Crippen molar-refractivity contribution >= 4 is 11.8 Å². The third-order valence-electron chi connectivity index (χ3n) is 3.58. The van der Waals surface area contributed by atoms with Crippen molar-refractivity contribution in [1.29, 1.82) is 0 Å². The van der Waals surface area contributed by atoms with Gasteiger partial charge in [0.25, 0.3) is 5.85 Å². The van der Waals surface area contributed by atoms with Crippen LogP contribution in [0.25, 0.3) is 0 Å². The highest BCUT2D eigenvalue weighted by Crippen LogP contribution is 2.32. The maximum atomic E-state index is 14.8. The molecule has 4 nitrogen and oxygen atoms in total. The fourth-order valence-corrected chi connectivity index (χ4v) is 2.50. The fraction of sp³-hybridized carbons (Fsp3) is 0.235. The Bertz CT molecular complexity index is 659. The minimum Gasteiger partial charge on any atom is -0.497 e. The van der Waals surface area contributed by atoms with Gasteiger partial charge in [-0.1, -0.05) is 30.3 Å². The Morgan fingerprint density at radius 3 is 2.50 bits per heavy atom. The number of carbonyl (C=O) groups is 1. The zero-order chi connectivity index (χ0) is 15.6. The number of amides is 1.